The Labute approximate surface area is 121 Å². The van der Waals surface area contributed by atoms with E-state index in [-0.39, 0.29) is 29.4 Å². The van der Waals surface area contributed by atoms with Crippen molar-refractivity contribution in [3.05, 3.63) is 23.5 Å². The average molecular weight is 277 g/mol. The molecule has 0 bridgehead atoms. The molecule has 2 rings (SSSR count). The summed E-state index contributed by atoms with van der Waals surface area (Å²) in [6.45, 7) is 10.4. The molecular formula is C16H27N3O. The predicted octanol–water partition coefficient (Wildman–Crippen LogP) is 2.55. The van der Waals surface area contributed by atoms with Crippen molar-refractivity contribution in [1.82, 2.24) is 9.88 Å². The van der Waals surface area contributed by atoms with Gasteiger partial charge in [0.15, 0.2) is 0 Å². The van der Waals surface area contributed by atoms with Crippen LogP contribution in [0.1, 0.15) is 64.4 Å². The molecule has 4 nitrogen and oxygen atoms in total. The van der Waals surface area contributed by atoms with Crippen LogP contribution >= 0.6 is 0 Å². The summed E-state index contributed by atoms with van der Waals surface area (Å²) in [6.07, 6.45) is 3.98. The Morgan fingerprint density at radius 3 is 2.70 bits per heavy atom. The van der Waals surface area contributed by atoms with Crippen LogP contribution in [0.25, 0.3) is 0 Å². The van der Waals surface area contributed by atoms with Gasteiger partial charge in [0.1, 0.15) is 6.04 Å². The lowest BCUT2D eigenvalue weighted by atomic mass is 9.74. The van der Waals surface area contributed by atoms with Crippen LogP contribution in [0.5, 0.6) is 0 Å². The molecule has 1 aliphatic carbocycles. The van der Waals surface area contributed by atoms with Crippen LogP contribution in [-0.4, -0.2) is 16.5 Å². The van der Waals surface area contributed by atoms with Gasteiger partial charge >= 0.3 is 0 Å². The lowest BCUT2D eigenvalue weighted by Crippen LogP contribution is -2.37. The van der Waals surface area contributed by atoms with Crippen molar-refractivity contribution in [1.29, 1.82) is 0 Å². The summed E-state index contributed by atoms with van der Waals surface area (Å²) in [7, 11) is 0. The SMILES string of the molecule is CC(C)NC(=O)C(C)n1ccc2c1CC(C)(C)CC2N. The van der Waals surface area contributed by atoms with E-state index in [1.165, 1.54) is 11.3 Å². The first-order valence-corrected chi connectivity index (χ1v) is 7.47. The first kappa shape index (κ1) is 15.1. The highest BCUT2D eigenvalue weighted by atomic mass is 16.2. The molecular weight excluding hydrogens is 250 g/mol. The van der Waals surface area contributed by atoms with Crippen LogP contribution in [0.3, 0.4) is 0 Å². The number of fused-ring (bicyclic) bond motifs is 1. The van der Waals surface area contributed by atoms with E-state index in [9.17, 15) is 4.79 Å². The highest BCUT2D eigenvalue weighted by molar-refractivity contribution is 5.80. The number of hydrogen-bond acceptors (Lipinski definition) is 2. The largest absolute Gasteiger partial charge is 0.352 e. The molecule has 0 spiro atoms. The van der Waals surface area contributed by atoms with E-state index in [1.807, 2.05) is 27.0 Å². The first-order valence-electron chi connectivity index (χ1n) is 7.47. The Balaban J connectivity index is 2.29. The van der Waals surface area contributed by atoms with Gasteiger partial charge in [0.25, 0.3) is 0 Å². The molecule has 1 aromatic rings. The van der Waals surface area contributed by atoms with Crippen molar-refractivity contribution >= 4 is 5.91 Å². The zero-order valence-electron chi connectivity index (χ0n) is 13.2. The minimum Gasteiger partial charge on any atom is -0.352 e. The lowest BCUT2D eigenvalue weighted by Gasteiger charge is -2.35. The molecule has 112 valence electrons. The second-order valence-electron chi connectivity index (χ2n) is 7.12. The maximum absolute atomic E-state index is 12.2. The summed E-state index contributed by atoms with van der Waals surface area (Å²) >= 11 is 0. The van der Waals surface area contributed by atoms with Gasteiger partial charge in [-0.1, -0.05) is 13.8 Å². The summed E-state index contributed by atoms with van der Waals surface area (Å²) in [5.41, 5.74) is 8.89. The van der Waals surface area contributed by atoms with E-state index in [2.05, 4.69) is 29.8 Å². The quantitative estimate of drug-likeness (QED) is 0.892. The van der Waals surface area contributed by atoms with Gasteiger partial charge < -0.3 is 15.6 Å². The van der Waals surface area contributed by atoms with Crippen molar-refractivity contribution < 1.29 is 4.79 Å². The van der Waals surface area contributed by atoms with Crippen LogP contribution in [0.4, 0.5) is 0 Å². The van der Waals surface area contributed by atoms with Gasteiger partial charge in [-0.3, -0.25) is 4.79 Å². The topological polar surface area (TPSA) is 60.0 Å². The van der Waals surface area contributed by atoms with Crippen molar-refractivity contribution in [2.24, 2.45) is 11.1 Å². The monoisotopic (exact) mass is 277 g/mol. The van der Waals surface area contributed by atoms with E-state index in [0.717, 1.165) is 12.8 Å². The van der Waals surface area contributed by atoms with Crippen LogP contribution < -0.4 is 11.1 Å². The summed E-state index contributed by atoms with van der Waals surface area (Å²) in [5.74, 6) is 0.0651. The number of aromatic nitrogens is 1. The zero-order chi connectivity index (χ0) is 15.1. The van der Waals surface area contributed by atoms with Crippen molar-refractivity contribution in [2.75, 3.05) is 0 Å². The highest BCUT2D eigenvalue weighted by Gasteiger charge is 2.33. The standard InChI is InChI=1S/C16H27N3O/c1-10(2)18-15(20)11(3)19-7-6-12-13(17)8-16(4,5)9-14(12)19/h6-7,10-11,13H,8-9,17H2,1-5H3,(H,18,20). The van der Waals surface area contributed by atoms with Crippen molar-refractivity contribution in [2.45, 2.75) is 65.6 Å². The Kier molecular flexibility index (Phi) is 3.96. The molecule has 0 radical (unpaired) electrons. The van der Waals surface area contributed by atoms with Crippen molar-refractivity contribution in [3.8, 4) is 0 Å². The first-order chi connectivity index (χ1) is 9.21. The molecule has 0 aliphatic heterocycles. The molecule has 1 aromatic heterocycles. The minimum atomic E-state index is -0.192. The Bertz CT molecular complexity index is 502. The molecule has 1 heterocycles. The number of carbonyl (C=O) groups is 1. The molecule has 1 aliphatic rings. The number of amides is 1. The fourth-order valence-electron chi connectivity index (χ4n) is 3.15. The molecule has 4 heteroatoms. The number of carbonyl (C=O) groups excluding carboxylic acids is 1. The normalized spacial score (nSPS) is 22.4. The fraction of sp³-hybridized carbons (Fsp3) is 0.688. The van der Waals surface area contributed by atoms with Gasteiger partial charge in [-0.2, -0.15) is 0 Å². The van der Waals surface area contributed by atoms with Gasteiger partial charge in [-0.25, -0.2) is 0 Å². The molecule has 3 N–H and O–H groups in total. The van der Waals surface area contributed by atoms with E-state index < -0.39 is 0 Å². The van der Waals surface area contributed by atoms with Crippen LogP contribution in [0, 0.1) is 5.41 Å². The van der Waals surface area contributed by atoms with Gasteiger partial charge in [0.05, 0.1) is 0 Å². The van der Waals surface area contributed by atoms with Crippen LogP contribution in [-0.2, 0) is 11.2 Å². The minimum absolute atomic E-state index is 0.0651. The summed E-state index contributed by atoms with van der Waals surface area (Å²) in [4.78, 5) is 12.2. The molecule has 2 atom stereocenters. The van der Waals surface area contributed by atoms with Gasteiger partial charge in [-0.05, 0) is 50.7 Å². The van der Waals surface area contributed by atoms with Gasteiger partial charge in [0, 0.05) is 24.0 Å². The third-order valence-electron chi connectivity index (χ3n) is 4.11. The van der Waals surface area contributed by atoms with E-state index in [1.54, 1.807) is 0 Å². The molecule has 2 unspecified atom stereocenters. The molecule has 20 heavy (non-hydrogen) atoms. The summed E-state index contributed by atoms with van der Waals surface area (Å²) in [5, 5.41) is 2.98. The van der Waals surface area contributed by atoms with Crippen molar-refractivity contribution in [3.63, 3.8) is 0 Å². The summed E-state index contributed by atoms with van der Waals surface area (Å²) < 4.78 is 2.09. The number of hydrogen-bond donors (Lipinski definition) is 2. The zero-order valence-corrected chi connectivity index (χ0v) is 13.2. The Morgan fingerprint density at radius 2 is 2.10 bits per heavy atom. The fourth-order valence-corrected chi connectivity index (χ4v) is 3.15. The molecule has 0 fully saturated rings. The molecule has 0 saturated carbocycles. The molecule has 0 saturated heterocycles. The highest BCUT2D eigenvalue weighted by Crippen LogP contribution is 2.40. The van der Waals surface area contributed by atoms with Crippen LogP contribution in [0.15, 0.2) is 12.3 Å². The third kappa shape index (κ3) is 2.90. The summed E-state index contributed by atoms with van der Waals surface area (Å²) in [6, 6.07) is 2.13. The Morgan fingerprint density at radius 1 is 1.45 bits per heavy atom. The number of nitrogens with two attached hydrogens (primary N) is 1. The molecule has 0 aromatic carbocycles. The third-order valence-corrected chi connectivity index (χ3v) is 4.11. The van der Waals surface area contributed by atoms with Gasteiger partial charge in [0.2, 0.25) is 5.91 Å². The maximum Gasteiger partial charge on any atom is 0.242 e. The molecule has 1 amide bonds. The van der Waals surface area contributed by atoms with E-state index in [0.29, 0.717) is 0 Å². The lowest BCUT2D eigenvalue weighted by molar-refractivity contribution is -0.124. The van der Waals surface area contributed by atoms with E-state index >= 15 is 0 Å². The smallest absolute Gasteiger partial charge is 0.242 e. The number of nitrogens with zero attached hydrogens (tertiary/aromatic N) is 1. The maximum atomic E-state index is 12.2. The Hall–Kier alpha value is -1.29. The van der Waals surface area contributed by atoms with Gasteiger partial charge in [-0.15, -0.1) is 0 Å². The second kappa shape index (κ2) is 5.24. The van der Waals surface area contributed by atoms with Crippen LogP contribution in [0.2, 0.25) is 0 Å². The second-order valence-corrected chi connectivity index (χ2v) is 7.12. The number of rotatable bonds is 3. The average Bonchev–Trinajstić information content (AvgIpc) is 2.69. The number of nitrogens with one attached hydrogen (secondary N) is 1. The predicted molar refractivity (Wildman–Crippen MR) is 81.5 cm³/mol. The van der Waals surface area contributed by atoms with E-state index in [4.69, 9.17) is 5.73 Å².